The first-order valence-corrected chi connectivity index (χ1v) is 31.2. The third-order valence-corrected chi connectivity index (χ3v) is 14.5. The van der Waals surface area contributed by atoms with Crippen molar-refractivity contribution in [3.05, 3.63) is 0 Å². The lowest BCUT2D eigenvalue weighted by atomic mass is 10.0. The first-order valence-electron chi connectivity index (χ1n) is 31.2. The van der Waals surface area contributed by atoms with Gasteiger partial charge in [0.1, 0.15) is 13.2 Å². The molecule has 69 heavy (non-hydrogen) atoms. The van der Waals surface area contributed by atoms with Crippen molar-refractivity contribution in [3.63, 3.8) is 0 Å². The van der Waals surface area contributed by atoms with Crippen molar-refractivity contribution in [3.8, 4) is 0 Å². The summed E-state index contributed by atoms with van der Waals surface area (Å²) in [6.07, 6.45) is 61.0. The summed E-state index contributed by atoms with van der Waals surface area (Å²) < 4.78 is 16.9. The molecule has 0 saturated heterocycles. The Kier molecular flexibility index (Phi) is 54.4. The molecule has 0 aromatic rings. The molecule has 0 aliphatic carbocycles. The van der Waals surface area contributed by atoms with Crippen molar-refractivity contribution in [2.45, 2.75) is 362 Å². The Labute approximate surface area is 431 Å². The highest BCUT2D eigenvalue weighted by molar-refractivity contribution is 5.71. The molecule has 0 bridgehead atoms. The van der Waals surface area contributed by atoms with Gasteiger partial charge in [-0.1, -0.05) is 317 Å². The molecule has 0 aromatic heterocycles. The normalized spacial score (nSPS) is 12.0. The predicted molar refractivity (Wildman–Crippen MR) is 298 cm³/mol. The molecule has 0 radical (unpaired) electrons. The van der Waals surface area contributed by atoms with E-state index in [1.165, 1.54) is 244 Å². The van der Waals surface area contributed by atoms with E-state index in [4.69, 9.17) is 14.2 Å². The molecular formula is C63H122O6. The van der Waals surface area contributed by atoms with Gasteiger partial charge >= 0.3 is 17.9 Å². The van der Waals surface area contributed by atoms with E-state index in [2.05, 4.69) is 34.6 Å². The maximum absolute atomic E-state index is 12.9. The maximum Gasteiger partial charge on any atom is 0.306 e. The van der Waals surface area contributed by atoms with E-state index in [0.717, 1.165) is 69.6 Å². The summed E-state index contributed by atoms with van der Waals surface area (Å²) in [7, 11) is 0. The van der Waals surface area contributed by atoms with Crippen molar-refractivity contribution < 1.29 is 28.6 Å². The zero-order chi connectivity index (χ0) is 50.4. The van der Waals surface area contributed by atoms with Crippen LogP contribution in [0.2, 0.25) is 0 Å². The van der Waals surface area contributed by atoms with Crippen molar-refractivity contribution >= 4 is 17.9 Å². The topological polar surface area (TPSA) is 78.9 Å². The number of hydrogen-bond donors (Lipinski definition) is 0. The summed E-state index contributed by atoms with van der Waals surface area (Å²) in [6.45, 7) is 11.4. The number of hydrogen-bond acceptors (Lipinski definition) is 6. The maximum atomic E-state index is 12.9. The zero-order valence-electron chi connectivity index (χ0n) is 47.5. The van der Waals surface area contributed by atoms with Crippen LogP contribution in [-0.4, -0.2) is 37.2 Å². The summed E-state index contributed by atoms with van der Waals surface area (Å²) in [5.41, 5.74) is 0. The smallest absolute Gasteiger partial charge is 0.306 e. The molecule has 0 aliphatic heterocycles. The zero-order valence-corrected chi connectivity index (χ0v) is 47.5. The van der Waals surface area contributed by atoms with Crippen LogP contribution in [0.4, 0.5) is 0 Å². The summed E-state index contributed by atoms with van der Waals surface area (Å²) in [6, 6.07) is 0. The van der Waals surface area contributed by atoms with Gasteiger partial charge in [0, 0.05) is 19.3 Å². The number of esters is 3. The second-order valence-electron chi connectivity index (χ2n) is 22.6. The number of carbonyl (C=O) groups is 3. The lowest BCUT2D eigenvalue weighted by molar-refractivity contribution is -0.167. The standard InChI is InChI=1S/C63H122O6/c1-6-7-8-9-10-11-12-13-14-15-16-17-18-22-28-33-38-43-48-53-61(64)67-56-60(57-68-62(65)54-49-44-39-34-29-25-24-27-32-37-42-47-52-59(4)5)69-63(66)55-50-45-40-35-30-23-20-19-21-26-31-36-41-46-51-58(2)3/h58-60H,6-57H2,1-5H3/t60-/m1/s1. The quantitative estimate of drug-likeness (QED) is 0.0343. The van der Waals surface area contributed by atoms with Crippen LogP contribution in [0, 0.1) is 11.8 Å². The number of rotatable bonds is 57. The average Bonchev–Trinajstić information content (AvgIpc) is 3.32. The molecule has 0 spiro atoms. The Balaban J connectivity index is 4.28. The lowest BCUT2D eigenvalue weighted by Crippen LogP contribution is -2.30. The van der Waals surface area contributed by atoms with Gasteiger partial charge in [0.15, 0.2) is 6.10 Å². The molecule has 0 amide bonds. The molecule has 6 heteroatoms. The van der Waals surface area contributed by atoms with Gasteiger partial charge in [-0.15, -0.1) is 0 Å². The fourth-order valence-corrected chi connectivity index (χ4v) is 9.76. The van der Waals surface area contributed by atoms with Gasteiger partial charge in [-0.05, 0) is 31.1 Å². The Hall–Kier alpha value is -1.59. The monoisotopic (exact) mass is 975 g/mol. The van der Waals surface area contributed by atoms with Crippen LogP contribution in [-0.2, 0) is 28.6 Å². The van der Waals surface area contributed by atoms with Crippen molar-refractivity contribution in [2.75, 3.05) is 13.2 Å². The Morgan fingerprint density at radius 1 is 0.275 bits per heavy atom. The summed E-state index contributed by atoms with van der Waals surface area (Å²) in [4.78, 5) is 38.3. The van der Waals surface area contributed by atoms with Gasteiger partial charge < -0.3 is 14.2 Å². The van der Waals surface area contributed by atoms with Crippen LogP contribution < -0.4 is 0 Å². The molecule has 1 atom stereocenters. The minimum Gasteiger partial charge on any atom is -0.462 e. The van der Waals surface area contributed by atoms with Crippen LogP contribution in [0.15, 0.2) is 0 Å². The molecular weight excluding hydrogens is 853 g/mol. The first-order chi connectivity index (χ1) is 33.7. The number of unbranched alkanes of at least 4 members (excludes halogenated alkanes) is 42. The van der Waals surface area contributed by atoms with Crippen molar-refractivity contribution in [1.82, 2.24) is 0 Å². The van der Waals surface area contributed by atoms with Crippen LogP contribution in [0.5, 0.6) is 0 Å². The van der Waals surface area contributed by atoms with E-state index < -0.39 is 6.10 Å². The molecule has 0 saturated carbocycles. The van der Waals surface area contributed by atoms with E-state index >= 15 is 0 Å². The fraction of sp³-hybridized carbons (Fsp3) is 0.952. The highest BCUT2D eigenvalue weighted by atomic mass is 16.6. The van der Waals surface area contributed by atoms with Crippen LogP contribution in [0.25, 0.3) is 0 Å². The van der Waals surface area contributed by atoms with E-state index in [1.54, 1.807) is 0 Å². The highest BCUT2D eigenvalue weighted by Gasteiger charge is 2.19. The van der Waals surface area contributed by atoms with Crippen LogP contribution in [0.1, 0.15) is 356 Å². The Bertz CT molecular complexity index is 1060. The second kappa shape index (κ2) is 55.7. The molecule has 0 aliphatic rings. The van der Waals surface area contributed by atoms with Gasteiger partial charge in [0.05, 0.1) is 0 Å². The Morgan fingerprint density at radius 3 is 0.710 bits per heavy atom. The Morgan fingerprint density at radius 2 is 0.478 bits per heavy atom. The van der Waals surface area contributed by atoms with Gasteiger partial charge in [-0.2, -0.15) is 0 Å². The molecule has 0 N–H and O–H groups in total. The minimum atomic E-state index is -0.763. The average molecular weight is 976 g/mol. The summed E-state index contributed by atoms with van der Waals surface area (Å²) in [5, 5.41) is 0. The second-order valence-corrected chi connectivity index (χ2v) is 22.6. The molecule has 6 nitrogen and oxygen atoms in total. The number of ether oxygens (including phenoxy) is 3. The van der Waals surface area contributed by atoms with E-state index in [9.17, 15) is 14.4 Å². The van der Waals surface area contributed by atoms with Crippen molar-refractivity contribution in [1.29, 1.82) is 0 Å². The predicted octanol–water partition coefficient (Wildman–Crippen LogP) is 20.8. The van der Waals surface area contributed by atoms with Gasteiger partial charge in [0.2, 0.25) is 0 Å². The number of carbonyl (C=O) groups excluding carboxylic acids is 3. The molecule has 0 fully saturated rings. The van der Waals surface area contributed by atoms with E-state index in [1.807, 2.05) is 0 Å². The third-order valence-electron chi connectivity index (χ3n) is 14.5. The van der Waals surface area contributed by atoms with Gasteiger partial charge in [-0.3, -0.25) is 14.4 Å². The summed E-state index contributed by atoms with van der Waals surface area (Å²) >= 11 is 0. The van der Waals surface area contributed by atoms with E-state index in [0.29, 0.717) is 19.3 Å². The van der Waals surface area contributed by atoms with Crippen LogP contribution in [0.3, 0.4) is 0 Å². The molecule has 410 valence electrons. The summed E-state index contributed by atoms with van der Waals surface area (Å²) in [5.74, 6) is 0.843. The minimum absolute atomic E-state index is 0.0621. The van der Waals surface area contributed by atoms with Crippen LogP contribution >= 0.6 is 0 Å². The largest absolute Gasteiger partial charge is 0.462 e. The van der Waals surface area contributed by atoms with Gasteiger partial charge in [-0.25, -0.2) is 0 Å². The third kappa shape index (κ3) is 57.2. The lowest BCUT2D eigenvalue weighted by Gasteiger charge is -2.18. The highest BCUT2D eigenvalue weighted by Crippen LogP contribution is 2.19. The first kappa shape index (κ1) is 67.4. The molecule has 0 heterocycles. The fourth-order valence-electron chi connectivity index (χ4n) is 9.76. The van der Waals surface area contributed by atoms with Crippen molar-refractivity contribution in [2.24, 2.45) is 11.8 Å². The SMILES string of the molecule is CCCCCCCCCCCCCCCCCCCCCC(=O)OC[C@H](COC(=O)CCCCCCCCCCCCCCC(C)C)OC(=O)CCCCCCCCCCCCCCCCC(C)C. The molecule has 0 rings (SSSR count). The molecule has 0 unspecified atom stereocenters. The van der Waals surface area contributed by atoms with Gasteiger partial charge in [0.25, 0.3) is 0 Å². The van der Waals surface area contributed by atoms with E-state index in [-0.39, 0.29) is 31.1 Å². The molecule has 0 aromatic carbocycles.